The number of hydrogen-bond acceptors (Lipinski definition) is 9. The standard InChI is InChI=1S/C29H42F2N6O4S.H2/c1-5-15-42(39,40)35-25-12-11-23(30)27(26(25)31)37(33)19-24(32)21-16-22(18-34-17-21)36-13-7-6-9-20(10-8-14-36)28(38)41-29(2,3)4;/h11-12,16-20,35H,5-10,13-15,32-33H2,1-4H3;1H/b24-19-;. The van der Waals surface area contributed by atoms with Crippen molar-refractivity contribution in [3.05, 3.63) is 54.0 Å². The quantitative estimate of drug-likeness (QED) is 0.200. The third-order valence-corrected chi connectivity index (χ3v) is 8.19. The Morgan fingerprint density at radius 2 is 1.90 bits per heavy atom. The molecule has 0 saturated carbocycles. The predicted octanol–water partition coefficient (Wildman–Crippen LogP) is 5.12. The van der Waals surface area contributed by atoms with E-state index in [9.17, 15) is 17.6 Å². The number of nitrogens with two attached hydrogens (primary N) is 2. The van der Waals surface area contributed by atoms with Crippen LogP contribution in [0.15, 0.2) is 36.8 Å². The molecule has 13 heteroatoms. The SMILES string of the molecule is CCCS(=O)(=O)Nc1ccc(F)c(N(N)/C=C(\N)c2cncc(N3CCCCC(C(=O)OC(C)(C)C)CCC3)c2)c1F.[HH]. The van der Waals surface area contributed by atoms with Gasteiger partial charge < -0.3 is 15.4 Å². The van der Waals surface area contributed by atoms with Crippen molar-refractivity contribution < 1.29 is 28.2 Å². The maximum Gasteiger partial charge on any atom is 0.309 e. The van der Waals surface area contributed by atoms with Gasteiger partial charge in [-0.2, -0.15) is 0 Å². The number of carbonyl (C=O) groups is 1. The van der Waals surface area contributed by atoms with Crippen molar-refractivity contribution in [2.75, 3.05) is 33.5 Å². The van der Waals surface area contributed by atoms with E-state index in [1.807, 2.05) is 26.8 Å². The van der Waals surface area contributed by atoms with E-state index < -0.39 is 38.6 Å². The van der Waals surface area contributed by atoms with Gasteiger partial charge in [-0.3, -0.25) is 19.5 Å². The molecular formula is C29H44F2N6O4S. The van der Waals surface area contributed by atoms with Gasteiger partial charge in [0.2, 0.25) is 10.0 Å². The Hall–Kier alpha value is -3.45. The Labute approximate surface area is 248 Å². The van der Waals surface area contributed by atoms with E-state index in [-0.39, 0.29) is 24.8 Å². The van der Waals surface area contributed by atoms with Crippen LogP contribution in [0.5, 0.6) is 0 Å². The highest BCUT2D eigenvalue weighted by molar-refractivity contribution is 7.92. The van der Waals surface area contributed by atoms with Crippen LogP contribution < -0.4 is 26.2 Å². The molecule has 1 unspecified atom stereocenters. The fraction of sp³-hybridized carbons (Fsp3) is 0.517. The highest BCUT2D eigenvalue weighted by Crippen LogP contribution is 2.30. The molecule has 10 nitrogen and oxygen atoms in total. The topological polar surface area (TPSA) is 144 Å². The van der Waals surface area contributed by atoms with Crippen LogP contribution in [0, 0.1) is 17.6 Å². The Balaban J connectivity index is 0.00000645. The van der Waals surface area contributed by atoms with E-state index in [0.717, 1.165) is 56.2 Å². The molecule has 0 amide bonds. The van der Waals surface area contributed by atoms with Crippen molar-refractivity contribution >= 4 is 38.8 Å². The second-order valence-corrected chi connectivity index (χ2v) is 13.3. The van der Waals surface area contributed by atoms with Gasteiger partial charge in [-0.15, -0.1) is 0 Å². The summed E-state index contributed by atoms with van der Waals surface area (Å²) in [4.78, 5) is 19.1. The second kappa shape index (κ2) is 14.1. The van der Waals surface area contributed by atoms with Gasteiger partial charge in [0.05, 0.1) is 34.9 Å². The summed E-state index contributed by atoms with van der Waals surface area (Å²) in [6.07, 6.45) is 8.73. The van der Waals surface area contributed by atoms with E-state index in [0.29, 0.717) is 30.0 Å². The highest BCUT2D eigenvalue weighted by atomic mass is 32.2. The lowest BCUT2D eigenvalue weighted by Crippen LogP contribution is -2.29. The van der Waals surface area contributed by atoms with Crippen molar-refractivity contribution in [3.63, 3.8) is 0 Å². The molecule has 1 atom stereocenters. The average Bonchev–Trinajstić information content (AvgIpc) is 3.02. The lowest BCUT2D eigenvalue weighted by molar-refractivity contribution is -0.160. The maximum atomic E-state index is 15.2. The van der Waals surface area contributed by atoms with Crippen LogP contribution in [0.25, 0.3) is 5.70 Å². The summed E-state index contributed by atoms with van der Waals surface area (Å²) in [5, 5.41) is 0.682. The molecule has 2 heterocycles. The third kappa shape index (κ3) is 9.28. The van der Waals surface area contributed by atoms with Gasteiger partial charge in [0, 0.05) is 32.5 Å². The summed E-state index contributed by atoms with van der Waals surface area (Å²) in [5.74, 6) is 3.32. The smallest absolute Gasteiger partial charge is 0.309 e. The van der Waals surface area contributed by atoms with Gasteiger partial charge in [-0.05, 0) is 71.1 Å². The molecule has 0 aliphatic carbocycles. The number of hydrogen-bond donors (Lipinski definition) is 3. The number of carbonyl (C=O) groups excluding carboxylic acids is 1. The number of nitrogens with one attached hydrogen (secondary N) is 1. The summed E-state index contributed by atoms with van der Waals surface area (Å²) < 4.78 is 61.8. The maximum absolute atomic E-state index is 15.2. The van der Waals surface area contributed by atoms with Crippen LogP contribution in [0.1, 0.15) is 73.2 Å². The van der Waals surface area contributed by atoms with Crippen LogP contribution in [0.4, 0.5) is 25.8 Å². The summed E-state index contributed by atoms with van der Waals surface area (Å²) in [7, 11) is -3.81. The zero-order valence-electron chi connectivity index (χ0n) is 24.7. The van der Waals surface area contributed by atoms with Crippen molar-refractivity contribution in [2.45, 2.75) is 71.8 Å². The number of nitrogens with zero attached hydrogens (tertiary/aromatic N) is 3. The predicted molar refractivity (Wildman–Crippen MR) is 164 cm³/mol. The van der Waals surface area contributed by atoms with Crippen LogP contribution >= 0.6 is 0 Å². The van der Waals surface area contributed by atoms with Gasteiger partial charge in [0.15, 0.2) is 11.6 Å². The molecule has 1 saturated heterocycles. The van der Waals surface area contributed by atoms with Gasteiger partial charge in [0.25, 0.3) is 0 Å². The lowest BCUT2D eigenvalue weighted by Gasteiger charge is -2.25. The Morgan fingerprint density at radius 1 is 1.21 bits per heavy atom. The van der Waals surface area contributed by atoms with Gasteiger partial charge in [-0.25, -0.2) is 23.0 Å². The number of anilines is 3. The largest absolute Gasteiger partial charge is 0.460 e. The first-order valence-electron chi connectivity index (χ1n) is 14.1. The minimum atomic E-state index is -3.81. The Bertz CT molecular complexity index is 1390. The van der Waals surface area contributed by atoms with Crippen molar-refractivity contribution in [3.8, 4) is 0 Å². The molecule has 0 spiro atoms. The first kappa shape index (κ1) is 33.1. The molecule has 1 aliphatic rings. The zero-order valence-corrected chi connectivity index (χ0v) is 25.5. The number of sulfonamides is 1. The van der Waals surface area contributed by atoms with Crippen molar-refractivity contribution in [1.29, 1.82) is 0 Å². The highest BCUT2D eigenvalue weighted by Gasteiger charge is 2.26. The first-order chi connectivity index (χ1) is 19.7. The van der Waals surface area contributed by atoms with Crippen molar-refractivity contribution in [1.82, 2.24) is 4.98 Å². The minimum Gasteiger partial charge on any atom is -0.460 e. The molecule has 1 fully saturated rings. The Morgan fingerprint density at radius 3 is 2.60 bits per heavy atom. The lowest BCUT2D eigenvalue weighted by atomic mass is 9.97. The normalized spacial score (nSPS) is 17.2. The van der Waals surface area contributed by atoms with E-state index in [4.69, 9.17) is 16.3 Å². The van der Waals surface area contributed by atoms with E-state index in [1.165, 1.54) is 6.20 Å². The van der Waals surface area contributed by atoms with Gasteiger partial charge in [-0.1, -0.05) is 13.3 Å². The summed E-state index contributed by atoms with van der Waals surface area (Å²) >= 11 is 0. The molecule has 234 valence electrons. The third-order valence-electron chi connectivity index (χ3n) is 6.72. The summed E-state index contributed by atoms with van der Waals surface area (Å²) in [6.45, 7) is 8.74. The van der Waals surface area contributed by atoms with E-state index in [2.05, 4.69) is 14.6 Å². The molecule has 1 aromatic carbocycles. The number of pyridine rings is 1. The molecule has 1 aliphatic heterocycles. The van der Waals surface area contributed by atoms with Gasteiger partial charge >= 0.3 is 5.97 Å². The van der Waals surface area contributed by atoms with Crippen molar-refractivity contribution in [2.24, 2.45) is 17.5 Å². The molecule has 42 heavy (non-hydrogen) atoms. The monoisotopic (exact) mass is 610 g/mol. The van der Waals surface area contributed by atoms with E-state index in [1.54, 1.807) is 13.1 Å². The fourth-order valence-electron chi connectivity index (χ4n) is 4.75. The number of benzene rings is 1. The van der Waals surface area contributed by atoms with Gasteiger partial charge in [0.1, 0.15) is 11.3 Å². The number of rotatable bonds is 9. The number of esters is 1. The second-order valence-electron chi connectivity index (χ2n) is 11.5. The molecular weight excluding hydrogens is 566 g/mol. The summed E-state index contributed by atoms with van der Waals surface area (Å²) in [5.41, 5.74) is 6.04. The number of ether oxygens (including phenoxy) is 1. The molecule has 0 bridgehead atoms. The average molecular weight is 611 g/mol. The zero-order chi connectivity index (χ0) is 31.1. The molecule has 5 N–H and O–H groups in total. The van der Waals surface area contributed by atoms with Crippen LogP contribution in [0.3, 0.4) is 0 Å². The molecule has 3 rings (SSSR count). The molecule has 0 radical (unpaired) electrons. The summed E-state index contributed by atoms with van der Waals surface area (Å²) in [6, 6.07) is 3.74. The Kier molecular flexibility index (Phi) is 11.1. The van der Waals surface area contributed by atoms with Crippen LogP contribution in [0.2, 0.25) is 0 Å². The van der Waals surface area contributed by atoms with Crippen LogP contribution in [-0.4, -0.2) is 43.8 Å². The number of aromatic nitrogens is 1. The first-order valence-corrected chi connectivity index (χ1v) is 15.8. The molecule has 1 aromatic heterocycles. The molecule has 2 aromatic rings. The van der Waals surface area contributed by atoms with Crippen LogP contribution in [-0.2, 0) is 19.6 Å². The van der Waals surface area contributed by atoms with E-state index >= 15 is 4.39 Å². The fourth-order valence-corrected chi connectivity index (χ4v) is 5.88. The number of halogens is 2. The number of hydrazine groups is 1. The minimum absolute atomic E-state index is 0.